The van der Waals surface area contributed by atoms with Crippen LogP contribution in [0, 0.1) is 0 Å². The summed E-state index contributed by atoms with van der Waals surface area (Å²) in [5.41, 5.74) is 0.0344. The number of rotatable bonds is 6. The number of alkyl halides is 3. The van der Waals surface area contributed by atoms with E-state index in [1.807, 2.05) is 0 Å². The summed E-state index contributed by atoms with van der Waals surface area (Å²) in [6, 6.07) is 11.2. The van der Waals surface area contributed by atoms with E-state index in [2.05, 4.69) is 15.6 Å². The Morgan fingerprint density at radius 2 is 1.86 bits per heavy atom. The smallest absolute Gasteiger partial charge is 0.416 e. The average molecular weight is 406 g/mol. The summed E-state index contributed by atoms with van der Waals surface area (Å²) in [6.07, 6.45) is -4.51. The van der Waals surface area contributed by atoms with E-state index in [4.69, 9.17) is 9.47 Å². The molecule has 1 aromatic heterocycles. The summed E-state index contributed by atoms with van der Waals surface area (Å²) in [4.78, 5) is 12.6. The second-order valence-corrected chi connectivity index (χ2v) is 5.96. The molecule has 0 aliphatic carbocycles. The number of benzene rings is 2. The fourth-order valence-electron chi connectivity index (χ4n) is 2.64. The van der Waals surface area contributed by atoms with Crippen LogP contribution in [-0.2, 0) is 17.5 Å². The van der Waals surface area contributed by atoms with Crippen LogP contribution in [0.5, 0.6) is 5.75 Å². The van der Waals surface area contributed by atoms with Crippen molar-refractivity contribution in [3.8, 4) is 11.4 Å². The van der Waals surface area contributed by atoms with Gasteiger partial charge in [0.1, 0.15) is 11.4 Å². The predicted molar refractivity (Wildman–Crippen MR) is 98.0 cm³/mol. The number of methoxy groups -OCH3 is 2. The second-order valence-electron chi connectivity index (χ2n) is 5.96. The van der Waals surface area contributed by atoms with Crippen LogP contribution in [0.4, 0.5) is 18.9 Å². The molecule has 3 aromatic rings. The maximum Gasteiger partial charge on any atom is 0.416 e. The summed E-state index contributed by atoms with van der Waals surface area (Å²) >= 11 is 0. The first-order chi connectivity index (χ1) is 13.8. The number of nitrogens with zero attached hydrogens (tertiary/aromatic N) is 3. The van der Waals surface area contributed by atoms with Gasteiger partial charge in [-0.25, -0.2) is 4.68 Å². The van der Waals surface area contributed by atoms with Crippen molar-refractivity contribution in [3.05, 3.63) is 65.5 Å². The maximum atomic E-state index is 12.9. The molecule has 0 saturated heterocycles. The van der Waals surface area contributed by atoms with E-state index in [-0.39, 0.29) is 18.0 Å². The van der Waals surface area contributed by atoms with E-state index in [9.17, 15) is 18.0 Å². The lowest BCUT2D eigenvalue weighted by molar-refractivity contribution is -0.137. The molecular formula is C19H17F3N4O3. The van der Waals surface area contributed by atoms with Gasteiger partial charge in [0.2, 0.25) is 0 Å². The van der Waals surface area contributed by atoms with Gasteiger partial charge < -0.3 is 14.8 Å². The van der Waals surface area contributed by atoms with Crippen molar-refractivity contribution in [2.75, 3.05) is 19.5 Å². The number of ether oxygens (including phenoxy) is 2. The fraction of sp³-hybridized carbons (Fsp3) is 0.211. The zero-order valence-electron chi connectivity index (χ0n) is 15.5. The van der Waals surface area contributed by atoms with Gasteiger partial charge in [-0.05, 0) is 42.5 Å². The highest BCUT2D eigenvalue weighted by molar-refractivity contribution is 6.03. The molecule has 0 spiro atoms. The summed E-state index contributed by atoms with van der Waals surface area (Å²) < 4.78 is 50.3. The molecule has 10 heteroatoms. The molecule has 0 radical (unpaired) electrons. The third-order valence-electron chi connectivity index (χ3n) is 4.02. The van der Waals surface area contributed by atoms with Crippen LogP contribution in [0.25, 0.3) is 5.69 Å². The van der Waals surface area contributed by atoms with Gasteiger partial charge in [-0.2, -0.15) is 13.2 Å². The van der Waals surface area contributed by atoms with Gasteiger partial charge in [0, 0.05) is 12.8 Å². The normalized spacial score (nSPS) is 11.3. The monoisotopic (exact) mass is 406 g/mol. The van der Waals surface area contributed by atoms with E-state index < -0.39 is 17.6 Å². The summed E-state index contributed by atoms with van der Waals surface area (Å²) in [7, 11) is 2.98. The Morgan fingerprint density at radius 1 is 1.14 bits per heavy atom. The van der Waals surface area contributed by atoms with Crippen LogP contribution in [0.2, 0.25) is 0 Å². The molecule has 0 aliphatic rings. The Balaban J connectivity index is 1.90. The van der Waals surface area contributed by atoms with Crippen molar-refractivity contribution in [1.82, 2.24) is 15.0 Å². The van der Waals surface area contributed by atoms with Crippen LogP contribution in [0.3, 0.4) is 0 Å². The zero-order chi connectivity index (χ0) is 21.0. The Morgan fingerprint density at radius 3 is 2.48 bits per heavy atom. The van der Waals surface area contributed by atoms with Gasteiger partial charge in [0.25, 0.3) is 5.91 Å². The van der Waals surface area contributed by atoms with E-state index in [1.165, 1.54) is 31.0 Å². The highest BCUT2D eigenvalue weighted by Gasteiger charge is 2.30. The molecule has 0 atom stereocenters. The summed E-state index contributed by atoms with van der Waals surface area (Å²) in [6.45, 7) is 0.0182. The number of amides is 1. The molecule has 1 N–H and O–H groups in total. The van der Waals surface area contributed by atoms with Gasteiger partial charge in [0.15, 0.2) is 5.69 Å². The molecule has 0 saturated carbocycles. The van der Waals surface area contributed by atoms with Crippen molar-refractivity contribution < 1.29 is 27.4 Å². The quantitative estimate of drug-likeness (QED) is 0.676. The standard InChI is InChI=1S/C19H17F3N4O3/c1-28-11-16-17(24-25-26(16)14-6-8-15(29-2)9-7-14)18(27)23-13-5-3-4-12(10-13)19(20,21)22/h3-10H,11H2,1-2H3,(H,23,27). The molecule has 29 heavy (non-hydrogen) atoms. The lowest BCUT2D eigenvalue weighted by Crippen LogP contribution is -2.16. The number of carbonyl (C=O) groups excluding carboxylic acids is 1. The van der Waals surface area contributed by atoms with Crippen LogP contribution in [0.1, 0.15) is 21.7 Å². The SMILES string of the molecule is COCc1c(C(=O)Nc2cccc(C(F)(F)F)c2)nnn1-c1ccc(OC)cc1. The summed E-state index contributed by atoms with van der Waals surface area (Å²) in [5, 5.41) is 10.3. The number of aromatic nitrogens is 3. The highest BCUT2D eigenvalue weighted by atomic mass is 19.4. The van der Waals surface area contributed by atoms with Crippen LogP contribution in [-0.4, -0.2) is 35.1 Å². The minimum atomic E-state index is -4.51. The largest absolute Gasteiger partial charge is 0.497 e. The number of halogens is 3. The minimum absolute atomic E-state index is 0.00723. The molecule has 2 aromatic carbocycles. The third-order valence-corrected chi connectivity index (χ3v) is 4.02. The summed E-state index contributed by atoms with van der Waals surface area (Å²) in [5.74, 6) is -0.0548. The molecule has 1 heterocycles. The minimum Gasteiger partial charge on any atom is -0.497 e. The molecule has 3 rings (SSSR count). The molecule has 1 amide bonds. The van der Waals surface area contributed by atoms with E-state index in [0.717, 1.165) is 12.1 Å². The van der Waals surface area contributed by atoms with Crippen LogP contribution < -0.4 is 10.1 Å². The Kier molecular flexibility index (Phi) is 5.83. The first-order valence-corrected chi connectivity index (χ1v) is 8.40. The lowest BCUT2D eigenvalue weighted by atomic mass is 10.2. The number of nitrogens with one attached hydrogen (secondary N) is 1. The van der Waals surface area contributed by atoms with Crippen LogP contribution in [0.15, 0.2) is 48.5 Å². The number of anilines is 1. The van der Waals surface area contributed by atoms with Crippen molar-refractivity contribution in [1.29, 1.82) is 0 Å². The van der Waals surface area contributed by atoms with Gasteiger partial charge in [-0.1, -0.05) is 11.3 Å². The number of hydrogen-bond donors (Lipinski definition) is 1. The first kappa shape index (κ1) is 20.3. The van der Waals surface area contributed by atoms with Crippen molar-refractivity contribution in [3.63, 3.8) is 0 Å². The highest BCUT2D eigenvalue weighted by Crippen LogP contribution is 2.30. The second kappa shape index (κ2) is 8.31. The molecular weight excluding hydrogens is 389 g/mol. The topological polar surface area (TPSA) is 78.3 Å². The fourth-order valence-corrected chi connectivity index (χ4v) is 2.64. The molecule has 0 unspecified atom stereocenters. The molecule has 152 valence electrons. The van der Waals surface area contributed by atoms with Crippen molar-refractivity contribution in [2.45, 2.75) is 12.8 Å². The number of carbonyl (C=O) groups is 1. The maximum absolute atomic E-state index is 12.9. The molecule has 0 aliphatic heterocycles. The van der Waals surface area contributed by atoms with Crippen molar-refractivity contribution >= 4 is 11.6 Å². The predicted octanol–water partition coefficient (Wildman–Crippen LogP) is 3.69. The lowest BCUT2D eigenvalue weighted by Gasteiger charge is -2.10. The first-order valence-electron chi connectivity index (χ1n) is 8.40. The zero-order valence-corrected chi connectivity index (χ0v) is 15.5. The Hall–Kier alpha value is -3.40. The van der Waals surface area contributed by atoms with Gasteiger partial charge in [0.05, 0.1) is 25.0 Å². The van der Waals surface area contributed by atoms with E-state index >= 15 is 0 Å². The van der Waals surface area contributed by atoms with Gasteiger partial charge in [-0.3, -0.25) is 4.79 Å². The van der Waals surface area contributed by atoms with E-state index in [0.29, 0.717) is 17.1 Å². The van der Waals surface area contributed by atoms with Gasteiger partial charge >= 0.3 is 6.18 Å². The van der Waals surface area contributed by atoms with Crippen LogP contribution >= 0.6 is 0 Å². The molecule has 7 nitrogen and oxygen atoms in total. The third kappa shape index (κ3) is 4.54. The van der Waals surface area contributed by atoms with Gasteiger partial charge in [-0.15, -0.1) is 5.10 Å². The Labute approximate surface area is 164 Å². The Bertz CT molecular complexity index is 1000. The average Bonchev–Trinajstić information content (AvgIpc) is 3.12. The molecule has 0 fully saturated rings. The van der Waals surface area contributed by atoms with Crippen molar-refractivity contribution in [2.24, 2.45) is 0 Å². The molecule has 0 bridgehead atoms. The number of hydrogen-bond acceptors (Lipinski definition) is 5. The van der Waals surface area contributed by atoms with E-state index in [1.54, 1.807) is 24.3 Å².